The summed E-state index contributed by atoms with van der Waals surface area (Å²) in [6.45, 7) is 0. The second kappa shape index (κ2) is 7.68. The fraction of sp³-hybridized carbons (Fsp3) is 0.609. The summed E-state index contributed by atoms with van der Waals surface area (Å²) in [5.74, 6) is -0.666. The minimum Gasteiger partial charge on any atom is -0.324 e. The van der Waals surface area contributed by atoms with Gasteiger partial charge in [0.05, 0.1) is 11.8 Å². The summed E-state index contributed by atoms with van der Waals surface area (Å²) in [7, 11) is 0. The van der Waals surface area contributed by atoms with E-state index in [4.69, 9.17) is 0 Å². The number of nitrogens with one attached hydrogen (secondary N) is 2. The number of amides is 3. The van der Waals surface area contributed by atoms with Crippen molar-refractivity contribution in [2.45, 2.75) is 62.6 Å². The maximum atomic E-state index is 13.8. The zero-order chi connectivity index (χ0) is 20.9. The second-order valence-corrected chi connectivity index (χ2v) is 10.0. The average Bonchev–Trinajstić information content (AvgIpc) is 3.21. The highest BCUT2D eigenvalue weighted by Gasteiger charge is 2.70. The van der Waals surface area contributed by atoms with Crippen LogP contribution in [0.25, 0.3) is 0 Å². The third-order valence-electron chi connectivity index (χ3n) is 7.48. The molecule has 160 valence electrons. The molecule has 0 unspecified atom stereocenters. The molecule has 0 aromatic heterocycles. The fourth-order valence-corrected chi connectivity index (χ4v) is 6.64. The first-order valence-corrected chi connectivity index (χ1v) is 12.5. The van der Waals surface area contributed by atoms with Crippen LogP contribution in [0, 0.1) is 11.8 Å². The first kappa shape index (κ1) is 20.1. The Bertz CT molecular complexity index is 882. The van der Waals surface area contributed by atoms with Crippen LogP contribution in [0.5, 0.6) is 0 Å². The molecular weight excluding hydrogens is 398 g/mol. The van der Waals surface area contributed by atoms with Crippen molar-refractivity contribution in [3.8, 4) is 0 Å². The highest BCUT2D eigenvalue weighted by molar-refractivity contribution is 7.98. The molecule has 1 spiro atoms. The Hall–Kier alpha value is -1.86. The van der Waals surface area contributed by atoms with E-state index in [9.17, 15) is 14.4 Å². The summed E-state index contributed by atoms with van der Waals surface area (Å²) in [5, 5.41) is 6.48. The molecule has 0 radical (unpaired) electrons. The van der Waals surface area contributed by atoms with Crippen molar-refractivity contribution in [1.82, 2.24) is 10.2 Å². The smallest absolute Gasteiger partial charge is 0.250 e. The van der Waals surface area contributed by atoms with Crippen molar-refractivity contribution >= 4 is 35.2 Å². The SMILES string of the molecule is CSCC[C@@H]1N[C@]2(C(=O)Nc3ccccc32)[C@@H]2C(=O)N(C3CCCCCC3)C(=O)[C@H]12. The van der Waals surface area contributed by atoms with Gasteiger partial charge in [-0.05, 0) is 37.3 Å². The Kier molecular flexibility index (Phi) is 5.14. The predicted molar refractivity (Wildman–Crippen MR) is 117 cm³/mol. The lowest BCUT2D eigenvalue weighted by Crippen LogP contribution is -2.54. The van der Waals surface area contributed by atoms with Gasteiger partial charge in [0, 0.05) is 23.3 Å². The third-order valence-corrected chi connectivity index (χ3v) is 8.12. The molecule has 3 fully saturated rings. The van der Waals surface area contributed by atoms with Gasteiger partial charge < -0.3 is 5.32 Å². The van der Waals surface area contributed by atoms with E-state index in [1.165, 1.54) is 0 Å². The van der Waals surface area contributed by atoms with Gasteiger partial charge >= 0.3 is 0 Å². The van der Waals surface area contributed by atoms with Crippen molar-refractivity contribution in [2.75, 3.05) is 17.3 Å². The van der Waals surface area contributed by atoms with Gasteiger partial charge in [-0.2, -0.15) is 11.8 Å². The number of likely N-dealkylation sites (tertiary alicyclic amines) is 1. The Labute approximate surface area is 181 Å². The van der Waals surface area contributed by atoms with E-state index in [0.717, 1.165) is 61.9 Å². The largest absolute Gasteiger partial charge is 0.324 e. The molecule has 7 heteroatoms. The number of rotatable bonds is 4. The molecule has 1 aliphatic carbocycles. The van der Waals surface area contributed by atoms with E-state index in [1.807, 2.05) is 30.5 Å². The van der Waals surface area contributed by atoms with Crippen molar-refractivity contribution in [3.05, 3.63) is 29.8 Å². The fourth-order valence-electron chi connectivity index (χ4n) is 6.15. The highest BCUT2D eigenvalue weighted by atomic mass is 32.2. The minimum absolute atomic E-state index is 0.0175. The molecule has 3 amide bonds. The van der Waals surface area contributed by atoms with Crippen molar-refractivity contribution in [2.24, 2.45) is 11.8 Å². The summed E-state index contributed by atoms with van der Waals surface area (Å²) in [4.78, 5) is 42.4. The van der Waals surface area contributed by atoms with Gasteiger partial charge in [-0.1, -0.05) is 43.9 Å². The summed E-state index contributed by atoms with van der Waals surface area (Å²) in [6.07, 6.45) is 9.01. The van der Waals surface area contributed by atoms with Crippen LogP contribution in [0.1, 0.15) is 50.5 Å². The number of nitrogens with zero attached hydrogens (tertiary/aromatic N) is 1. The molecule has 2 N–H and O–H groups in total. The highest BCUT2D eigenvalue weighted by Crippen LogP contribution is 2.54. The minimum atomic E-state index is -1.14. The Morgan fingerprint density at radius 2 is 1.80 bits per heavy atom. The van der Waals surface area contributed by atoms with Gasteiger partial charge in [-0.25, -0.2) is 0 Å². The van der Waals surface area contributed by atoms with Crippen molar-refractivity contribution in [3.63, 3.8) is 0 Å². The number of thioether (sulfide) groups is 1. The molecule has 1 aromatic rings. The van der Waals surface area contributed by atoms with Gasteiger partial charge in [0.2, 0.25) is 17.7 Å². The predicted octanol–water partition coefficient (Wildman–Crippen LogP) is 2.88. The molecule has 2 saturated heterocycles. The van der Waals surface area contributed by atoms with Crippen LogP contribution >= 0.6 is 11.8 Å². The van der Waals surface area contributed by atoms with E-state index in [-0.39, 0.29) is 29.8 Å². The van der Waals surface area contributed by atoms with Crippen LogP contribution < -0.4 is 10.6 Å². The zero-order valence-electron chi connectivity index (χ0n) is 17.4. The molecule has 3 aliphatic heterocycles. The standard InChI is InChI=1S/C23H29N3O3S/c1-30-13-12-17-18-19(21(28)26(20(18)27)14-8-4-2-3-5-9-14)23(25-17)15-10-6-7-11-16(15)24-22(23)29/h6-7,10-11,14,17-19,25H,2-5,8-9,12-13H2,1H3,(H,24,29)/t17-,18+,19-,23-/m0/s1. The topological polar surface area (TPSA) is 78.5 Å². The monoisotopic (exact) mass is 427 g/mol. The molecule has 1 aromatic carbocycles. The Morgan fingerprint density at radius 1 is 1.07 bits per heavy atom. The number of hydrogen-bond donors (Lipinski definition) is 2. The summed E-state index contributed by atoms with van der Waals surface area (Å²) in [6, 6.07) is 7.38. The van der Waals surface area contributed by atoms with Crippen LogP contribution in [-0.4, -0.2) is 46.7 Å². The van der Waals surface area contributed by atoms with Crippen LogP contribution in [0.4, 0.5) is 5.69 Å². The van der Waals surface area contributed by atoms with Crippen LogP contribution in [-0.2, 0) is 19.9 Å². The zero-order valence-corrected chi connectivity index (χ0v) is 18.2. The summed E-state index contributed by atoms with van der Waals surface area (Å²) >= 11 is 1.72. The molecule has 5 rings (SSSR count). The number of para-hydroxylation sites is 1. The van der Waals surface area contributed by atoms with Gasteiger partial charge in [0.15, 0.2) is 0 Å². The average molecular weight is 428 g/mol. The number of anilines is 1. The van der Waals surface area contributed by atoms with E-state index in [1.54, 1.807) is 16.7 Å². The molecular formula is C23H29N3O3S. The van der Waals surface area contributed by atoms with Crippen LogP contribution in [0.3, 0.4) is 0 Å². The summed E-state index contributed by atoms with van der Waals surface area (Å²) < 4.78 is 0. The molecule has 4 aliphatic rings. The normalized spacial score (nSPS) is 33.7. The van der Waals surface area contributed by atoms with Crippen molar-refractivity contribution in [1.29, 1.82) is 0 Å². The van der Waals surface area contributed by atoms with E-state index < -0.39 is 17.4 Å². The van der Waals surface area contributed by atoms with E-state index in [0.29, 0.717) is 0 Å². The van der Waals surface area contributed by atoms with Gasteiger partial charge in [0.25, 0.3) is 0 Å². The van der Waals surface area contributed by atoms with E-state index in [2.05, 4.69) is 10.6 Å². The van der Waals surface area contributed by atoms with Crippen LogP contribution in [0.2, 0.25) is 0 Å². The molecule has 6 nitrogen and oxygen atoms in total. The molecule has 3 heterocycles. The van der Waals surface area contributed by atoms with Crippen LogP contribution in [0.15, 0.2) is 24.3 Å². The second-order valence-electron chi connectivity index (χ2n) is 9.04. The number of imide groups is 1. The number of benzene rings is 1. The lowest BCUT2D eigenvalue weighted by atomic mass is 9.76. The van der Waals surface area contributed by atoms with E-state index >= 15 is 0 Å². The quantitative estimate of drug-likeness (QED) is 0.571. The molecule has 1 saturated carbocycles. The number of carbonyl (C=O) groups excluding carboxylic acids is 3. The van der Waals surface area contributed by atoms with Gasteiger partial charge in [-0.3, -0.25) is 24.6 Å². The summed E-state index contributed by atoms with van der Waals surface area (Å²) in [5.41, 5.74) is 0.407. The lowest BCUT2D eigenvalue weighted by molar-refractivity contribution is -0.145. The number of hydrogen-bond acceptors (Lipinski definition) is 5. The van der Waals surface area contributed by atoms with Gasteiger partial charge in [-0.15, -0.1) is 0 Å². The van der Waals surface area contributed by atoms with Crippen molar-refractivity contribution < 1.29 is 14.4 Å². The third kappa shape index (κ3) is 2.78. The number of fused-ring (bicyclic) bond motifs is 4. The Morgan fingerprint density at radius 3 is 2.53 bits per heavy atom. The molecule has 0 bridgehead atoms. The maximum Gasteiger partial charge on any atom is 0.250 e. The lowest BCUT2D eigenvalue weighted by Gasteiger charge is -2.32. The number of carbonyl (C=O) groups is 3. The maximum absolute atomic E-state index is 13.8. The Balaban J connectivity index is 1.58. The first-order chi connectivity index (χ1) is 14.6. The molecule has 4 atom stereocenters. The first-order valence-electron chi connectivity index (χ1n) is 11.1. The molecule has 30 heavy (non-hydrogen) atoms. The van der Waals surface area contributed by atoms with Gasteiger partial charge in [0.1, 0.15) is 5.54 Å².